The Balaban J connectivity index is 1.46. The summed E-state index contributed by atoms with van der Waals surface area (Å²) < 4.78 is 13.0. The number of aromatic nitrogens is 2. The van der Waals surface area contributed by atoms with Crippen molar-refractivity contribution < 1.29 is 8.83 Å². The van der Waals surface area contributed by atoms with Crippen LogP contribution in [0.1, 0.15) is 0 Å². The molecule has 9 rings (SSSR count). The SMILES string of the molecule is c1ccc2c(-c3cccc4c3oc3ccncc34)c3ccccc3c(-c3cccc4c3oc3ccncc34)c2c1. The first-order valence-electron chi connectivity index (χ1n) is 13.3. The van der Waals surface area contributed by atoms with Crippen LogP contribution in [-0.2, 0) is 0 Å². The largest absolute Gasteiger partial charge is 0.455 e. The fourth-order valence-electron chi connectivity index (χ4n) is 6.39. The van der Waals surface area contributed by atoms with Crippen molar-refractivity contribution in [2.45, 2.75) is 0 Å². The van der Waals surface area contributed by atoms with E-state index in [-0.39, 0.29) is 0 Å². The van der Waals surface area contributed by atoms with Gasteiger partial charge < -0.3 is 8.83 Å². The van der Waals surface area contributed by atoms with Crippen LogP contribution in [0.3, 0.4) is 0 Å². The Hall–Kier alpha value is -5.48. The lowest BCUT2D eigenvalue weighted by molar-refractivity contribution is 0.669. The van der Waals surface area contributed by atoms with E-state index in [4.69, 9.17) is 8.83 Å². The van der Waals surface area contributed by atoms with E-state index in [2.05, 4.69) is 94.9 Å². The Morgan fingerprint density at radius 1 is 0.375 bits per heavy atom. The van der Waals surface area contributed by atoms with Gasteiger partial charge in [0.05, 0.1) is 0 Å². The average molecular weight is 513 g/mol. The molecule has 40 heavy (non-hydrogen) atoms. The van der Waals surface area contributed by atoms with Crippen molar-refractivity contribution >= 4 is 65.4 Å². The molecule has 186 valence electrons. The minimum Gasteiger partial charge on any atom is -0.455 e. The van der Waals surface area contributed by atoms with Crippen LogP contribution < -0.4 is 0 Å². The molecule has 0 amide bonds. The lowest BCUT2D eigenvalue weighted by Crippen LogP contribution is -1.91. The summed E-state index contributed by atoms with van der Waals surface area (Å²) in [5.41, 5.74) is 7.90. The van der Waals surface area contributed by atoms with Gasteiger partial charge in [0.15, 0.2) is 0 Å². The summed E-state index contributed by atoms with van der Waals surface area (Å²) in [6.07, 6.45) is 7.32. The van der Waals surface area contributed by atoms with Crippen LogP contribution >= 0.6 is 0 Å². The minimum atomic E-state index is 0.841. The molecule has 9 aromatic rings. The summed E-state index contributed by atoms with van der Waals surface area (Å²) in [6, 6.07) is 34.0. The molecule has 4 heteroatoms. The first-order valence-corrected chi connectivity index (χ1v) is 13.3. The molecule has 0 saturated heterocycles. The Labute approximate surface area is 228 Å². The molecular weight excluding hydrogens is 492 g/mol. The molecule has 0 unspecified atom stereocenters. The molecule has 0 aliphatic heterocycles. The smallest absolute Gasteiger partial charge is 0.143 e. The zero-order valence-corrected chi connectivity index (χ0v) is 21.3. The zero-order valence-electron chi connectivity index (χ0n) is 21.3. The molecule has 4 nitrogen and oxygen atoms in total. The van der Waals surface area contributed by atoms with Gasteiger partial charge in [0.25, 0.3) is 0 Å². The Morgan fingerprint density at radius 2 is 0.775 bits per heavy atom. The standard InChI is InChI=1S/C36H20N2O2/c1-2-8-22-21(7-1)33(27-13-5-11-25-29-19-37-17-15-31(29)39-35(25)27)23-9-3-4-10-24(23)34(22)28-14-6-12-26-30-20-38-18-16-32(30)40-36(26)28/h1-20H. The summed E-state index contributed by atoms with van der Waals surface area (Å²) in [5, 5.41) is 8.84. The number of hydrogen-bond donors (Lipinski definition) is 0. The summed E-state index contributed by atoms with van der Waals surface area (Å²) >= 11 is 0. The van der Waals surface area contributed by atoms with Gasteiger partial charge in [-0.2, -0.15) is 0 Å². The van der Waals surface area contributed by atoms with Gasteiger partial charge in [-0.05, 0) is 33.7 Å². The number of fused-ring (bicyclic) bond motifs is 8. The monoisotopic (exact) mass is 512 g/mol. The molecular formula is C36H20N2O2. The molecule has 0 atom stereocenters. The molecule has 5 aromatic carbocycles. The molecule has 0 spiro atoms. The van der Waals surface area contributed by atoms with Gasteiger partial charge in [0.1, 0.15) is 22.3 Å². The quantitative estimate of drug-likeness (QED) is 0.216. The van der Waals surface area contributed by atoms with E-state index < -0.39 is 0 Å². The molecule has 0 saturated carbocycles. The highest BCUT2D eigenvalue weighted by Crippen LogP contribution is 2.48. The maximum atomic E-state index is 6.48. The second-order valence-electron chi connectivity index (χ2n) is 10.2. The molecule has 0 radical (unpaired) electrons. The summed E-state index contributed by atoms with van der Waals surface area (Å²) in [5.74, 6) is 0. The number of para-hydroxylation sites is 2. The van der Waals surface area contributed by atoms with Crippen molar-refractivity contribution in [3.8, 4) is 22.3 Å². The van der Waals surface area contributed by atoms with Gasteiger partial charge in [0.2, 0.25) is 0 Å². The second kappa shape index (κ2) is 8.01. The highest BCUT2D eigenvalue weighted by molar-refractivity contribution is 6.26. The van der Waals surface area contributed by atoms with Crippen molar-refractivity contribution in [2.24, 2.45) is 0 Å². The van der Waals surface area contributed by atoms with Gasteiger partial charge >= 0.3 is 0 Å². The average Bonchev–Trinajstić information content (AvgIpc) is 3.59. The van der Waals surface area contributed by atoms with E-state index in [0.29, 0.717) is 0 Å². The zero-order chi connectivity index (χ0) is 26.2. The highest BCUT2D eigenvalue weighted by atomic mass is 16.3. The molecule has 0 bridgehead atoms. The Morgan fingerprint density at radius 3 is 1.20 bits per heavy atom. The van der Waals surface area contributed by atoms with Crippen LogP contribution in [0.4, 0.5) is 0 Å². The van der Waals surface area contributed by atoms with E-state index in [1.807, 2.05) is 24.5 Å². The Kier molecular flexibility index (Phi) is 4.30. The summed E-state index contributed by atoms with van der Waals surface area (Å²) in [7, 11) is 0. The van der Waals surface area contributed by atoms with E-state index in [1.165, 1.54) is 0 Å². The minimum absolute atomic E-state index is 0.841. The highest BCUT2D eigenvalue weighted by Gasteiger charge is 2.22. The van der Waals surface area contributed by atoms with Crippen molar-refractivity contribution in [3.05, 3.63) is 122 Å². The molecule has 0 fully saturated rings. The van der Waals surface area contributed by atoms with E-state index in [9.17, 15) is 0 Å². The van der Waals surface area contributed by atoms with E-state index >= 15 is 0 Å². The van der Waals surface area contributed by atoms with E-state index in [0.717, 1.165) is 87.7 Å². The molecule has 4 heterocycles. The van der Waals surface area contributed by atoms with Crippen molar-refractivity contribution in [1.29, 1.82) is 0 Å². The third-order valence-corrected chi connectivity index (χ3v) is 8.07. The predicted octanol–water partition coefficient (Wildman–Crippen LogP) is 9.92. The third-order valence-electron chi connectivity index (χ3n) is 8.07. The number of rotatable bonds is 2. The topological polar surface area (TPSA) is 52.1 Å². The molecule has 0 N–H and O–H groups in total. The van der Waals surface area contributed by atoms with Gasteiger partial charge in [-0.3, -0.25) is 9.97 Å². The van der Waals surface area contributed by atoms with Gasteiger partial charge in [-0.25, -0.2) is 0 Å². The molecule has 0 aliphatic carbocycles. The van der Waals surface area contributed by atoms with Gasteiger partial charge in [-0.15, -0.1) is 0 Å². The first-order chi connectivity index (χ1) is 19.9. The number of nitrogens with zero attached hydrogens (tertiary/aromatic N) is 2. The first kappa shape index (κ1) is 21.5. The fourth-order valence-corrected chi connectivity index (χ4v) is 6.39. The maximum Gasteiger partial charge on any atom is 0.143 e. The van der Waals surface area contributed by atoms with Gasteiger partial charge in [0, 0.05) is 68.6 Å². The number of benzene rings is 5. The number of pyridine rings is 2. The van der Waals surface area contributed by atoms with Crippen LogP contribution in [0.15, 0.2) is 131 Å². The van der Waals surface area contributed by atoms with Crippen molar-refractivity contribution in [3.63, 3.8) is 0 Å². The maximum absolute atomic E-state index is 6.48. The summed E-state index contributed by atoms with van der Waals surface area (Å²) in [4.78, 5) is 8.70. The lowest BCUT2D eigenvalue weighted by atomic mass is 9.85. The number of furan rings is 2. The predicted molar refractivity (Wildman–Crippen MR) is 162 cm³/mol. The summed E-state index contributed by atoms with van der Waals surface area (Å²) in [6.45, 7) is 0. The van der Waals surface area contributed by atoms with Crippen molar-refractivity contribution in [2.75, 3.05) is 0 Å². The fraction of sp³-hybridized carbons (Fsp3) is 0. The lowest BCUT2D eigenvalue weighted by Gasteiger charge is -2.18. The van der Waals surface area contributed by atoms with Crippen LogP contribution in [-0.4, -0.2) is 9.97 Å². The van der Waals surface area contributed by atoms with Gasteiger partial charge in [-0.1, -0.05) is 84.9 Å². The Bertz CT molecular complexity index is 2220. The molecule has 4 aromatic heterocycles. The van der Waals surface area contributed by atoms with Crippen LogP contribution in [0.25, 0.3) is 87.7 Å². The van der Waals surface area contributed by atoms with Crippen LogP contribution in [0, 0.1) is 0 Å². The van der Waals surface area contributed by atoms with Crippen LogP contribution in [0.5, 0.6) is 0 Å². The van der Waals surface area contributed by atoms with E-state index in [1.54, 1.807) is 12.4 Å². The normalized spacial score (nSPS) is 12.0. The second-order valence-corrected chi connectivity index (χ2v) is 10.2. The number of hydrogen-bond acceptors (Lipinski definition) is 4. The molecule has 0 aliphatic rings. The third kappa shape index (κ3) is 2.85. The van der Waals surface area contributed by atoms with Crippen LogP contribution in [0.2, 0.25) is 0 Å². The van der Waals surface area contributed by atoms with Crippen molar-refractivity contribution in [1.82, 2.24) is 9.97 Å².